The second-order valence-corrected chi connectivity index (χ2v) is 6.19. The largest absolute Gasteiger partial charge is 0.624 e. The highest BCUT2D eigenvalue weighted by molar-refractivity contribution is 5.54. The molecule has 1 aromatic carbocycles. The number of ether oxygens (including phenoxy) is 1. The maximum atomic E-state index is 11.7. The van der Waals surface area contributed by atoms with Gasteiger partial charge in [0.15, 0.2) is 18.4 Å². The molecule has 0 saturated heterocycles. The predicted octanol–water partition coefficient (Wildman–Crippen LogP) is 3.88. The smallest absolute Gasteiger partial charge is 0.189 e. The summed E-state index contributed by atoms with van der Waals surface area (Å²) in [5.41, 5.74) is 1.91. The SMILES string of the molecule is Cc1ccc(C(C)C)c(OC/C=[N+](\[O-])C(C)(C)C)c1. The summed E-state index contributed by atoms with van der Waals surface area (Å²) in [4.78, 5) is 0. The molecule has 0 aromatic heterocycles. The zero-order chi connectivity index (χ0) is 14.6. The standard InChI is InChI=1S/C16H25NO2/c1-12(2)14-8-7-13(3)11-15(14)19-10-9-17(18)16(4,5)6/h7-9,11-12H,10H2,1-6H3/b17-9-. The van der Waals surface area contributed by atoms with E-state index in [0.29, 0.717) is 12.5 Å². The molecule has 0 unspecified atom stereocenters. The van der Waals surface area contributed by atoms with Crippen LogP contribution in [0, 0.1) is 12.1 Å². The highest BCUT2D eigenvalue weighted by Crippen LogP contribution is 2.27. The number of nitrogens with zero attached hydrogens (tertiary/aromatic N) is 1. The van der Waals surface area contributed by atoms with Gasteiger partial charge in [-0.25, -0.2) is 4.74 Å². The van der Waals surface area contributed by atoms with Gasteiger partial charge in [0.1, 0.15) is 5.75 Å². The Labute approximate surface area is 116 Å². The molecule has 0 amide bonds. The van der Waals surface area contributed by atoms with Crippen molar-refractivity contribution < 1.29 is 9.48 Å². The maximum absolute atomic E-state index is 11.7. The molecular weight excluding hydrogens is 238 g/mol. The zero-order valence-corrected chi connectivity index (χ0v) is 12.9. The molecule has 0 aliphatic heterocycles. The molecule has 0 N–H and O–H groups in total. The van der Waals surface area contributed by atoms with Crippen LogP contribution < -0.4 is 4.74 Å². The van der Waals surface area contributed by atoms with Crippen molar-refractivity contribution in [3.05, 3.63) is 34.5 Å². The summed E-state index contributed by atoms with van der Waals surface area (Å²) in [6.07, 6.45) is 1.55. The van der Waals surface area contributed by atoms with Gasteiger partial charge >= 0.3 is 0 Å². The summed E-state index contributed by atoms with van der Waals surface area (Å²) < 4.78 is 6.69. The highest BCUT2D eigenvalue weighted by Gasteiger charge is 2.17. The van der Waals surface area contributed by atoms with E-state index >= 15 is 0 Å². The van der Waals surface area contributed by atoms with Crippen molar-refractivity contribution in [1.82, 2.24) is 0 Å². The number of hydrogen-bond acceptors (Lipinski definition) is 2. The monoisotopic (exact) mass is 263 g/mol. The molecule has 0 aliphatic carbocycles. The lowest BCUT2D eigenvalue weighted by atomic mass is 10.0. The third-order valence-electron chi connectivity index (χ3n) is 2.93. The Balaban J connectivity index is 2.81. The number of hydrogen-bond donors (Lipinski definition) is 0. The van der Waals surface area contributed by atoms with Crippen molar-refractivity contribution in [3.8, 4) is 5.75 Å². The Bertz CT molecular complexity index is 456. The van der Waals surface area contributed by atoms with Crippen LogP contribution in [0.2, 0.25) is 0 Å². The van der Waals surface area contributed by atoms with Crippen LogP contribution in [0.3, 0.4) is 0 Å². The predicted molar refractivity (Wildman–Crippen MR) is 80.2 cm³/mol. The van der Waals surface area contributed by atoms with E-state index in [4.69, 9.17) is 4.74 Å². The van der Waals surface area contributed by atoms with Gasteiger partial charge in [0.05, 0.1) is 0 Å². The first-order valence-electron chi connectivity index (χ1n) is 6.75. The van der Waals surface area contributed by atoms with Crippen molar-refractivity contribution in [3.63, 3.8) is 0 Å². The molecule has 3 heteroatoms. The summed E-state index contributed by atoms with van der Waals surface area (Å²) in [6, 6.07) is 6.20. The minimum absolute atomic E-state index is 0.296. The molecule has 1 rings (SSSR count). The second-order valence-electron chi connectivity index (χ2n) is 6.19. The van der Waals surface area contributed by atoms with Gasteiger partial charge in [-0.3, -0.25) is 0 Å². The molecule has 3 nitrogen and oxygen atoms in total. The van der Waals surface area contributed by atoms with E-state index in [9.17, 15) is 5.21 Å². The van der Waals surface area contributed by atoms with Crippen LogP contribution in [-0.4, -0.2) is 23.1 Å². The Morgan fingerprint density at radius 3 is 2.47 bits per heavy atom. The average molecular weight is 263 g/mol. The molecule has 0 bridgehead atoms. The summed E-state index contributed by atoms with van der Waals surface area (Å²) in [7, 11) is 0. The molecule has 106 valence electrons. The highest BCUT2D eigenvalue weighted by atomic mass is 16.5. The number of aryl methyl sites for hydroxylation is 1. The quantitative estimate of drug-likeness (QED) is 0.358. The first-order chi connectivity index (χ1) is 8.71. The van der Waals surface area contributed by atoms with E-state index < -0.39 is 5.54 Å². The minimum atomic E-state index is -0.420. The average Bonchev–Trinajstić information content (AvgIpc) is 2.27. The van der Waals surface area contributed by atoms with Crippen LogP contribution in [0.5, 0.6) is 5.75 Å². The first-order valence-corrected chi connectivity index (χ1v) is 6.75. The number of benzene rings is 1. The van der Waals surface area contributed by atoms with Gasteiger partial charge in [0, 0.05) is 20.8 Å². The van der Waals surface area contributed by atoms with E-state index in [2.05, 4.69) is 26.0 Å². The second kappa shape index (κ2) is 6.09. The van der Waals surface area contributed by atoms with Gasteiger partial charge in [0.25, 0.3) is 0 Å². The topological polar surface area (TPSA) is 35.3 Å². The lowest BCUT2D eigenvalue weighted by Crippen LogP contribution is -2.30. The molecule has 0 fully saturated rings. The van der Waals surface area contributed by atoms with Crippen molar-refractivity contribution in [2.24, 2.45) is 0 Å². The molecule has 19 heavy (non-hydrogen) atoms. The van der Waals surface area contributed by atoms with Gasteiger partial charge < -0.3 is 9.94 Å². The van der Waals surface area contributed by atoms with Gasteiger partial charge in [-0.1, -0.05) is 26.0 Å². The molecular formula is C16H25NO2. The lowest BCUT2D eigenvalue weighted by molar-refractivity contribution is -0.532. The summed E-state index contributed by atoms with van der Waals surface area (Å²) in [5, 5.41) is 11.7. The van der Waals surface area contributed by atoms with Crippen LogP contribution >= 0.6 is 0 Å². The fraction of sp³-hybridized carbons (Fsp3) is 0.562. The van der Waals surface area contributed by atoms with E-state index in [1.807, 2.05) is 33.8 Å². The molecule has 0 aliphatic rings. The van der Waals surface area contributed by atoms with Crippen LogP contribution in [0.25, 0.3) is 0 Å². The Kier molecular flexibility index (Phi) is 4.98. The zero-order valence-electron chi connectivity index (χ0n) is 12.9. The number of hydroxylamine groups is 1. The van der Waals surface area contributed by atoms with Gasteiger partial charge in [0.2, 0.25) is 0 Å². The molecule has 0 saturated carbocycles. The fourth-order valence-electron chi connectivity index (χ4n) is 1.71. The van der Waals surface area contributed by atoms with Crippen LogP contribution in [0.1, 0.15) is 51.7 Å². The van der Waals surface area contributed by atoms with E-state index in [0.717, 1.165) is 16.1 Å². The van der Waals surface area contributed by atoms with Crippen LogP contribution in [0.15, 0.2) is 18.2 Å². The molecule has 0 atom stereocenters. The van der Waals surface area contributed by atoms with E-state index in [-0.39, 0.29) is 0 Å². The normalized spacial score (nSPS) is 12.9. The Hall–Kier alpha value is -1.51. The van der Waals surface area contributed by atoms with Gasteiger partial charge in [-0.2, -0.15) is 0 Å². The van der Waals surface area contributed by atoms with Crippen molar-refractivity contribution in [2.45, 2.75) is 53.0 Å². The minimum Gasteiger partial charge on any atom is -0.624 e. The molecule has 0 radical (unpaired) electrons. The van der Waals surface area contributed by atoms with Crippen molar-refractivity contribution >= 4 is 6.21 Å². The van der Waals surface area contributed by atoms with E-state index in [1.165, 1.54) is 5.56 Å². The first kappa shape index (κ1) is 15.5. The summed E-state index contributed by atoms with van der Waals surface area (Å²) in [6.45, 7) is 12.2. The molecule has 1 aromatic rings. The van der Waals surface area contributed by atoms with Crippen LogP contribution in [0.4, 0.5) is 0 Å². The van der Waals surface area contributed by atoms with Gasteiger partial charge in [-0.05, 0) is 30.0 Å². The summed E-state index contributed by atoms with van der Waals surface area (Å²) >= 11 is 0. The Morgan fingerprint density at radius 1 is 1.32 bits per heavy atom. The maximum Gasteiger partial charge on any atom is 0.189 e. The fourth-order valence-corrected chi connectivity index (χ4v) is 1.71. The Morgan fingerprint density at radius 2 is 1.95 bits per heavy atom. The van der Waals surface area contributed by atoms with Crippen molar-refractivity contribution in [2.75, 3.05) is 6.61 Å². The summed E-state index contributed by atoms with van der Waals surface area (Å²) in [5.74, 6) is 1.27. The third-order valence-corrected chi connectivity index (χ3v) is 2.93. The number of rotatable bonds is 4. The van der Waals surface area contributed by atoms with Crippen molar-refractivity contribution in [1.29, 1.82) is 0 Å². The third kappa shape index (κ3) is 4.58. The molecule has 0 spiro atoms. The van der Waals surface area contributed by atoms with Crippen LogP contribution in [-0.2, 0) is 0 Å². The van der Waals surface area contributed by atoms with E-state index in [1.54, 1.807) is 6.21 Å². The van der Waals surface area contributed by atoms with Gasteiger partial charge in [-0.15, -0.1) is 0 Å². The molecule has 0 heterocycles. The lowest BCUT2D eigenvalue weighted by Gasteiger charge is -2.19.